The number of morpholine rings is 1. The Morgan fingerprint density at radius 2 is 1.00 bits per heavy atom. The van der Waals surface area contributed by atoms with Crippen LogP contribution in [0.1, 0.15) is 27.8 Å². The van der Waals surface area contributed by atoms with E-state index in [0.717, 1.165) is 42.9 Å². The highest BCUT2D eigenvalue weighted by atomic mass is 32.2. The number of aryl methyl sites for hydroxylation is 5. The summed E-state index contributed by atoms with van der Waals surface area (Å²) < 4.78 is 120. The number of rotatable bonds is 10. The molecule has 386 valence electrons. The Kier molecular flexibility index (Phi) is 22.8. The smallest absolute Gasteiger partial charge is 0.244 e. The lowest BCUT2D eigenvalue weighted by atomic mass is 10.2. The number of nitrogens with one attached hydrogen (secondary N) is 2. The SMILES string of the molecule is CNS(=O)(=O)c1cc(C)ccc1OC.CNS(=O)(=O)c1ccc(OC)c(C)c1.COc1ccc(C)cc1S(N)(=O)=O.Cc1ccnc(N2CCN(C)CC2)c1F.Cc1ccnc(N2CCOCC2)c1F. The number of ether oxygens (including phenoxy) is 4. The van der Waals surface area contributed by atoms with Crippen LogP contribution in [0.25, 0.3) is 0 Å². The molecule has 4 N–H and O–H groups in total. The van der Waals surface area contributed by atoms with E-state index in [1.54, 1.807) is 102 Å². The Morgan fingerprint density at radius 3 is 1.43 bits per heavy atom. The van der Waals surface area contributed by atoms with Gasteiger partial charge in [0, 0.05) is 51.7 Å². The van der Waals surface area contributed by atoms with Crippen molar-refractivity contribution >= 4 is 41.7 Å². The fourth-order valence-electron chi connectivity index (χ4n) is 6.53. The molecule has 0 amide bonds. The quantitative estimate of drug-likeness (QED) is 0.165. The summed E-state index contributed by atoms with van der Waals surface area (Å²) >= 11 is 0. The largest absolute Gasteiger partial charge is 0.496 e. The summed E-state index contributed by atoms with van der Waals surface area (Å²) in [4.78, 5) is 14.8. The van der Waals surface area contributed by atoms with E-state index in [1.165, 1.54) is 40.4 Å². The highest BCUT2D eigenvalue weighted by Gasteiger charge is 2.21. The molecule has 0 radical (unpaired) electrons. The van der Waals surface area contributed by atoms with Crippen LogP contribution in [0.15, 0.2) is 93.8 Å². The molecule has 0 atom stereocenters. The number of benzene rings is 3. The van der Waals surface area contributed by atoms with Gasteiger partial charge in [0.1, 0.15) is 27.0 Å². The number of likely N-dealkylation sites (N-methyl/N-ethyl adjacent to an activating group) is 1. The molecule has 7 rings (SSSR count). The van der Waals surface area contributed by atoms with Gasteiger partial charge in [-0.3, -0.25) is 0 Å². The molecule has 0 unspecified atom stereocenters. The van der Waals surface area contributed by atoms with Crippen molar-refractivity contribution in [2.75, 3.05) is 105 Å². The molecule has 5 aromatic rings. The van der Waals surface area contributed by atoms with Crippen molar-refractivity contribution in [2.24, 2.45) is 5.14 Å². The first-order chi connectivity index (χ1) is 32.9. The fourth-order valence-corrected chi connectivity index (χ4v) is 9.11. The number of pyridine rings is 2. The summed E-state index contributed by atoms with van der Waals surface area (Å²) in [6.45, 7) is 15.3. The van der Waals surface area contributed by atoms with Crippen LogP contribution in [-0.4, -0.2) is 135 Å². The number of halogens is 2. The first-order valence-corrected chi connectivity index (χ1v) is 26.3. The van der Waals surface area contributed by atoms with E-state index >= 15 is 0 Å². The van der Waals surface area contributed by atoms with Crippen LogP contribution in [0.3, 0.4) is 0 Å². The Balaban J connectivity index is 0.000000232. The van der Waals surface area contributed by atoms with Gasteiger partial charge in [-0.25, -0.2) is 58.6 Å². The number of hydrogen-bond donors (Lipinski definition) is 3. The van der Waals surface area contributed by atoms with Crippen LogP contribution >= 0.6 is 0 Å². The highest BCUT2D eigenvalue weighted by Crippen LogP contribution is 2.26. The van der Waals surface area contributed by atoms with Crippen molar-refractivity contribution in [3.8, 4) is 17.2 Å². The molecule has 4 heterocycles. The highest BCUT2D eigenvalue weighted by molar-refractivity contribution is 7.90. The van der Waals surface area contributed by atoms with E-state index in [0.29, 0.717) is 60.6 Å². The lowest BCUT2D eigenvalue weighted by Gasteiger charge is -2.33. The zero-order chi connectivity index (χ0) is 52.4. The van der Waals surface area contributed by atoms with E-state index in [4.69, 9.17) is 24.1 Å². The Labute approximate surface area is 412 Å². The molecule has 2 aromatic heterocycles. The Morgan fingerprint density at radius 1 is 0.571 bits per heavy atom. The second-order valence-electron chi connectivity index (χ2n) is 15.8. The first kappa shape index (κ1) is 58.8. The number of primary sulfonamides is 1. The summed E-state index contributed by atoms with van der Waals surface area (Å²) in [5.74, 6) is 1.87. The minimum atomic E-state index is -3.69. The van der Waals surface area contributed by atoms with E-state index in [-0.39, 0.29) is 32.1 Å². The van der Waals surface area contributed by atoms with Crippen molar-refractivity contribution in [3.63, 3.8) is 0 Å². The summed E-state index contributed by atoms with van der Waals surface area (Å²) in [6, 6.07) is 17.9. The van der Waals surface area contributed by atoms with Crippen molar-refractivity contribution in [3.05, 3.63) is 119 Å². The molecule has 23 heteroatoms. The number of nitrogens with zero attached hydrogens (tertiary/aromatic N) is 5. The van der Waals surface area contributed by atoms with Gasteiger partial charge in [0.15, 0.2) is 23.3 Å². The third kappa shape index (κ3) is 17.1. The van der Waals surface area contributed by atoms with E-state index in [1.807, 2.05) is 16.7 Å². The van der Waals surface area contributed by atoms with Gasteiger partial charge in [0.05, 0.1) is 39.4 Å². The minimum absolute atomic E-state index is 0.0231. The van der Waals surface area contributed by atoms with Gasteiger partial charge in [0.2, 0.25) is 30.1 Å². The van der Waals surface area contributed by atoms with Crippen molar-refractivity contribution in [1.82, 2.24) is 24.3 Å². The number of methoxy groups -OCH3 is 3. The number of anilines is 2. The Bertz CT molecular complexity index is 2830. The maximum atomic E-state index is 13.8. The van der Waals surface area contributed by atoms with Gasteiger partial charge >= 0.3 is 0 Å². The molecule has 3 aromatic carbocycles. The molecule has 0 saturated carbocycles. The van der Waals surface area contributed by atoms with E-state index < -0.39 is 30.1 Å². The number of nitrogens with two attached hydrogens (primary N) is 1. The van der Waals surface area contributed by atoms with Crippen molar-refractivity contribution in [1.29, 1.82) is 0 Å². The van der Waals surface area contributed by atoms with Gasteiger partial charge in [-0.05, 0) is 138 Å². The van der Waals surface area contributed by atoms with Gasteiger partial charge < -0.3 is 33.6 Å². The lowest BCUT2D eigenvalue weighted by Crippen LogP contribution is -2.45. The standard InChI is InChI=1S/C11H16FN3.C10H13FN2O.2C9H13NO3S.C8H11NO3S/c1-9-3-4-13-11(10(9)12)15-7-5-14(2)6-8-15;1-8-2-3-12-10(9(8)11)13-4-6-14-7-5-13;1-7-6-8(14(11,12)10-2)4-5-9(7)13-3;1-7-4-5-8(13-3)9(6-7)14(11,12)10-2;1-6-3-4-7(12-2)8(5-6)13(9,10)11/h3-4H,5-8H2,1-2H3;2-3H,4-7H2,1H3;2*4-6,10H,1-3H3;3-5H,1-2H3,(H2,9,10,11). The van der Waals surface area contributed by atoms with Crippen LogP contribution in [-0.2, 0) is 34.8 Å². The normalized spacial score (nSPS) is 14.0. The summed E-state index contributed by atoms with van der Waals surface area (Å²) in [5.41, 5.74) is 3.80. The number of sulfonamides is 3. The second kappa shape index (κ2) is 27.2. The second-order valence-corrected chi connectivity index (χ2v) is 21.1. The summed E-state index contributed by atoms with van der Waals surface area (Å²) in [7, 11) is -1.25. The molecule has 2 aliphatic heterocycles. The monoisotopic (exact) mass is 1040 g/mol. The maximum Gasteiger partial charge on any atom is 0.244 e. The molecule has 2 fully saturated rings. The van der Waals surface area contributed by atoms with E-state index in [9.17, 15) is 34.0 Å². The van der Waals surface area contributed by atoms with Gasteiger partial charge in [0.25, 0.3) is 0 Å². The van der Waals surface area contributed by atoms with Gasteiger partial charge in [-0.15, -0.1) is 0 Å². The summed E-state index contributed by atoms with van der Waals surface area (Å²) in [6.07, 6.45) is 3.31. The number of aromatic nitrogens is 2. The average molecular weight is 1040 g/mol. The zero-order valence-electron chi connectivity index (χ0n) is 41.5. The maximum absolute atomic E-state index is 13.8. The molecule has 70 heavy (non-hydrogen) atoms. The molecule has 0 spiro atoms. The van der Waals surface area contributed by atoms with Crippen LogP contribution in [0.5, 0.6) is 17.2 Å². The molecule has 2 aliphatic rings. The predicted octanol–water partition coefficient (Wildman–Crippen LogP) is 5.12. The third-order valence-electron chi connectivity index (χ3n) is 10.7. The minimum Gasteiger partial charge on any atom is -0.496 e. The summed E-state index contributed by atoms with van der Waals surface area (Å²) in [5, 5.41) is 4.99. The molecular weight excluding hydrogens is 971 g/mol. The van der Waals surface area contributed by atoms with Crippen LogP contribution in [0.4, 0.5) is 20.4 Å². The van der Waals surface area contributed by atoms with Crippen LogP contribution < -0.4 is 38.6 Å². The van der Waals surface area contributed by atoms with Crippen LogP contribution in [0, 0.1) is 46.3 Å². The van der Waals surface area contributed by atoms with Gasteiger partial charge in [-0.1, -0.05) is 12.1 Å². The number of hydrogen-bond acceptors (Lipinski definition) is 15. The molecule has 0 aliphatic carbocycles. The zero-order valence-corrected chi connectivity index (χ0v) is 44.0. The van der Waals surface area contributed by atoms with Crippen LogP contribution in [0.2, 0.25) is 0 Å². The van der Waals surface area contributed by atoms with Gasteiger partial charge in [-0.2, -0.15) is 0 Å². The number of piperazine rings is 1. The fraction of sp³-hybridized carbons (Fsp3) is 0.404. The van der Waals surface area contributed by atoms with E-state index in [2.05, 4.69) is 31.4 Å². The predicted molar refractivity (Wildman–Crippen MR) is 268 cm³/mol. The molecular formula is C47H66F2N8O10S3. The van der Waals surface area contributed by atoms with Crippen molar-refractivity contribution < 1.29 is 53.0 Å². The topological polar surface area (TPSA) is 225 Å². The molecule has 18 nitrogen and oxygen atoms in total. The average Bonchev–Trinajstić information content (AvgIpc) is 3.34. The molecule has 2 saturated heterocycles. The molecule has 0 bridgehead atoms. The third-order valence-corrected chi connectivity index (χ3v) is 14.5. The first-order valence-electron chi connectivity index (χ1n) is 21.8. The lowest BCUT2D eigenvalue weighted by molar-refractivity contribution is 0.122. The Hall–Kier alpha value is -5.53. The van der Waals surface area contributed by atoms with Crippen molar-refractivity contribution in [2.45, 2.75) is 49.3 Å².